The van der Waals surface area contributed by atoms with E-state index in [1.165, 1.54) is 0 Å². The van der Waals surface area contributed by atoms with Crippen LogP contribution in [0.1, 0.15) is 0 Å². The van der Waals surface area contributed by atoms with Crippen molar-refractivity contribution in [3.05, 3.63) is 121 Å². The van der Waals surface area contributed by atoms with Crippen molar-refractivity contribution in [3.8, 4) is 62.5 Å². The SMILES string of the molecule is [B]c1c(O)c(O)c2c(-c3cccc4ccccc34)c3c(O)c(O)c(O)c(O)c3c(-c3cc4c5ccccc5c5ccccc5c4c4ccccc34)c2c1O. The van der Waals surface area contributed by atoms with Gasteiger partial charge in [0.1, 0.15) is 13.6 Å². The number of rotatable bonds is 2. The van der Waals surface area contributed by atoms with Crippen molar-refractivity contribution in [3.63, 3.8) is 0 Å². The molecular formula is C46H27BO7. The Labute approximate surface area is 307 Å². The second-order valence-electron chi connectivity index (χ2n) is 13.6. The molecule has 0 unspecified atom stereocenters. The van der Waals surface area contributed by atoms with Crippen LogP contribution in [0.4, 0.5) is 0 Å². The Hall–Kier alpha value is -7.32. The lowest BCUT2D eigenvalue weighted by Crippen LogP contribution is -2.06. The normalized spacial score (nSPS) is 11.9. The number of phenols is 7. The lowest BCUT2D eigenvalue weighted by molar-refractivity contribution is 0.351. The molecule has 54 heavy (non-hydrogen) atoms. The molecule has 10 aromatic rings. The average Bonchev–Trinajstić information content (AvgIpc) is 3.21. The van der Waals surface area contributed by atoms with Crippen LogP contribution < -0.4 is 5.46 Å². The maximum atomic E-state index is 12.1. The van der Waals surface area contributed by atoms with Crippen LogP contribution >= 0.6 is 0 Å². The maximum absolute atomic E-state index is 12.1. The molecule has 0 atom stereocenters. The molecule has 0 saturated carbocycles. The first-order valence-corrected chi connectivity index (χ1v) is 17.2. The minimum atomic E-state index is -0.990. The molecule has 0 aliphatic heterocycles. The Balaban J connectivity index is 1.55. The first-order chi connectivity index (χ1) is 26.2. The zero-order valence-electron chi connectivity index (χ0n) is 28.3. The van der Waals surface area contributed by atoms with Crippen LogP contribution in [-0.2, 0) is 0 Å². The van der Waals surface area contributed by atoms with E-state index in [1.807, 2.05) is 97.1 Å². The van der Waals surface area contributed by atoms with E-state index in [0.717, 1.165) is 43.1 Å². The summed E-state index contributed by atoms with van der Waals surface area (Å²) in [5.41, 5.74) is 0.500. The molecule has 10 rings (SSSR count). The molecular weight excluding hydrogens is 675 g/mol. The smallest absolute Gasteiger partial charge is 0.204 e. The highest BCUT2D eigenvalue weighted by molar-refractivity contribution is 6.42. The van der Waals surface area contributed by atoms with Crippen molar-refractivity contribution in [2.75, 3.05) is 0 Å². The summed E-state index contributed by atoms with van der Waals surface area (Å²) in [6.07, 6.45) is 0. The van der Waals surface area contributed by atoms with Crippen LogP contribution in [-0.4, -0.2) is 43.6 Å². The van der Waals surface area contributed by atoms with Gasteiger partial charge in [-0.1, -0.05) is 115 Å². The van der Waals surface area contributed by atoms with Gasteiger partial charge in [0, 0.05) is 32.7 Å². The highest BCUT2D eigenvalue weighted by atomic mass is 16.3. The minimum Gasteiger partial charge on any atom is -0.508 e. The number of hydrogen-bond acceptors (Lipinski definition) is 7. The van der Waals surface area contributed by atoms with Gasteiger partial charge in [-0.05, 0) is 76.5 Å². The maximum Gasteiger partial charge on any atom is 0.204 e. The summed E-state index contributed by atoms with van der Waals surface area (Å²) in [5.74, 6) is -5.63. The highest BCUT2D eigenvalue weighted by Crippen LogP contribution is 2.61. The fourth-order valence-electron chi connectivity index (χ4n) is 8.61. The molecule has 8 heteroatoms. The molecule has 0 aliphatic rings. The van der Waals surface area contributed by atoms with E-state index in [-0.39, 0.29) is 32.7 Å². The molecule has 256 valence electrons. The van der Waals surface area contributed by atoms with Gasteiger partial charge < -0.3 is 35.7 Å². The molecule has 0 heterocycles. The third-order valence-corrected chi connectivity index (χ3v) is 10.9. The third-order valence-electron chi connectivity index (χ3n) is 10.9. The predicted molar refractivity (Wildman–Crippen MR) is 217 cm³/mol. The van der Waals surface area contributed by atoms with Gasteiger partial charge in [-0.25, -0.2) is 0 Å². The number of phenolic OH excluding ortho intramolecular Hbond substituents is 7. The van der Waals surface area contributed by atoms with Crippen LogP contribution in [0.5, 0.6) is 40.2 Å². The number of fused-ring (bicyclic) bond motifs is 11. The summed E-state index contributed by atoms with van der Waals surface area (Å²) < 4.78 is 0. The van der Waals surface area contributed by atoms with Crippen molar-refractivity contribution >= 4 is 88.7 Å². The van der Waals surface area contributed by atoms with Gasteiger partial charge in [-0.3, -0.25) is 0 Å². The first kappa shape index (κ1) is 31.4. The van der Waals surface area contributed by atoms with E-state index in [2.05, 4.69) is 12.1 Å². The molecule has 0 amide bonds. The van der Waals surface area contributed by atoms with Crippen LogP contribution in [0.15, 0.2) is 121 Å². The van der Waals surface area contributed by atoms with Gasteiger partial charge >= 0.3 is 0 Å². The fraction of sp³-hybridized carbons (Fsp3) is 0. The van der Waals surface area contributed by atoms with Crippen LogP contribution in [0.2, 0.25) is 0 Å². The number of hydrogen-bond donors (Lipinski definition) is 7. The molecule has 2 radical (unpaired) electrons. The van der Waals surface area contributed by atoms with Gasteiger partial charge in [0.15, 0.2) is 23.0 Å². The molecule has 7 N–H and O–H groups in total. The second-order valence-corrected chi connectivity index (χ2v) is 13.6. The summed E-state index contributed by atoms with van der Waals surface area (Å²) in [6.45, 7) is 0. The van der Waals surface area contributed by atoms with Gasteiger partial charge in [-0.15, -0.1) is 0 Å². The third kappa shape index (κ3) is 3.96. The lowest BCUT2D eigenvalue weighted by atomic mass is 9.78. The second kappa shape index (κ2) is 11.1. The van der Waals surface area contributed by atoms with Crippen molar-refractivity contribution in [2.24, 2.45) is 0 Å². The molecule has 0 bridgehead atoms. The summed E-state index contributed by atoms with van der Waals surface area (Å²) in [6, 6.07) is 38.4. The van der Waals surface area contributed by atoms with Crippen LogP contribution in [0, 0.1) is 0 Å². The molecule has 0 fully saturated rings. The van der Waals surface area contributed by atoms with E-state index in [0.29, 0.717) is 21.9 Å². The standard InChI is InChI=1S/C46H27BO7/c47-39-40(48)35-34(31-20-30-25-15-4-3-13-23(25)24-14-5-7-17-28(24)32(30)29-18-8-6-16-26(29)31)38-37(42(50)45(53)46(54)43(38)51)33(36(35)41(49)44(39)52)27-19-9-11-21-10-1-2-12-22(21)27/h1-20,48-54H. The van der Waals surface area contributed by atoms with Gasteiger partial charge in [-0.2, -0.15) is 0 Å². The van der Waals surface area contributed by atoms with E-state index >= 15 is 0 Å². The Bertz CT molecular complexity index is 3230. The number of aromatic hydroxyl groups is 7. The number of benzene rings is 10. The zero-order chi connectivity index (χ0) is 37.2. The molecule has 10 aromatic carbocycles. The van der Waals surface area contributed by atoms with E-state index in [1.54, 1.807) is 12.1 Å². The molecule has 0 aliphatic carbocycles. The van der Waals surface area contributed by atoms with Gasteiger partial charge in [0.25, 0.3) is 0 Å². The monoisotopic (exact) mass is 702 g/mol. The summed E-state index contributed by atoms with van der Waals surface area (Å²) in [5, 5.41) is 89.7. The summed E-state index contributed by atoms with van der Waals surface area (Å²) in [4.78, 5) is 0. The summed E-state index contributed by atoms with van der Waals surface area (Å²) in [7, 11) is 6.32. The van der Waals surface area contributed by atoms with E-state index < -0.39 is 45.7 Å². The molecule has 0 aromatic heterocycles. The first-order valence-electron chi connectivity index (χ1n) is 17.2. The molecule has 0 saturated heterocycles. The van der Waals surface area contributed by atoms with Crippen LogP contribution in [0.25, 0.3) is 97.7 Å². The predicted octanol–water partition coefficient (Wildman–Crippen LogP) is 9.83. The van der Waals surface area contributed by atoms with Crippen LogP contribution in [0.3, 0.4) is 0 Å². The van der Waals surface area contributed by atoms with E-state index in [9.17, 15) is 35.7 Å². The minimum absolute atomic E-state index is 0.0624. The quantitative estimate of drug-likeness (QED) is 0.0313. The van der Waals surface area contributed by atoms with Crippen molar-refractivity contribution in [2.45, 2.75) is 0 Å². The van der Waals surface area contributed by atoms with Gasteiger partial charge in [0.2, 0.25) is 11.5 Å². The molecule has 7 nitrogen and oxygen atoms in total. The highest BCUT2D eigenvalue weighted by Gasteiger charge is 2.32. The van der Waals surface area contributed by atoms with Crippen molar-refractivity contribution in [1.29, 1.82) is 0 Å². The van der Waals surface area contributed by atoms with Crippen molar-refractivity contribution < 1.29 is 35.7 Å². The van der Waals surface area contributed by atoms with Crippen molar-refractivity contribution in [1.82, 2.24) is 0 Å². The average molecular weight is 703 g/mol. The Morgan fingerprint density at radius 3 is 1.31 bits per heavy atom. The Morgan fingerprint density at radius 2 is 0.704 bits per heavy atom. The largest absolute Gasteiger partial charge is 0.508 e. The van der Waals surface area contributed by atoms with E-state index in [4.69, 9.17) is 7.85 Å². The Kier molecular flexibility index (Phi) is 6.45. The fourth-order valence-corrected chi connectivity index (χ4v) is 8.61. The zero-order valence-corrected chi connectivity index (χ0v) is 28.3. The molecule has 0 spiro atoms. The summed E-state index contributed by atoms with van der Waals surface area (Å²) >= 11 is 0. The Morgan fingerprint density at radius 1 is 0.296 bits per heavy atom. The van der Waals surface area contributed by atoms with Gasteiger partial charge in [0.05, 0.1) is 0 Å². The lowest BCUT2D eigenvalue weighted by Gasteiger charge is -2.24. The topological polar surface area (TPSA) is 142 Å².